The third kappa shape index (κ3) is 11.5. The summed E-state index contributed by atoms with van der Waals surface area (Å²) in [4.78, 5) is 31.1. The van der Waals surface area contributed by atoms with Crippen molar-refractivity contribution in [1.29, 1.82) is 0 Å². The van der Waals surface area contributed by atoms with Crippen molar-refractivity contribution in [2.75, 3.05) is 56.3 Å². The number of halogens is 1. The molecule has 0 saturated carbocycles. The van der Waals surface area contributed by atoms with Crippen molar-refractivity contribution in [2.45, 2.75) is 154 Å². The van der Waals surface area contributed by atoms with E-state index in [9.17, 15) is 14.0 Å². The maximum absolute atomic E-state index is 13.5. The number of ether oxygens (including phenoxy) is 1. The van der Waals surface area contributed by atoms with Crippen LogP contribution in [0.5, 0.6) is 0 Å². The number of quaternary nitrogens is 1. The lowest BCUT2D eigenvalue weighted by atomic mass is 9.87. The summed E-state index contributed by atoms with van der Waals surface area (Å²) >= 11 is 0. The van der Waals surface area contributed by atoms with E-state index in [-0.39, 0.29) is 17.6 Å². The molecule has 0 bridgehead atoms. The number of piperidine rings is 1. The van der Waals surface area contributed by atoms with Gasteiger partial charge in [0.1, 0.15) is 5.82 Å². The van der Waals surface area contributed by atoms with E-state index >= 15 is 0 Å². The van der Waals surface area contributed by atoms with E-state index in [2.05, 4.69) is 42.0 Å². The van der Waals surface area contributed by atoms with Gasteiger partial charge in [-0.1, -0.05) is 122 Å². The zero-order chi connectivity index (χ0) is 36.6. The Bertz CT molecular complexity index is 1380. The van der Waals surface area contributed by atoms with Gasteiger partial charge in [0.25, 0.3) is 0 Å². The minimum atomic E-state index is -0.329. The fourth-order valence-corrected chi connectivity index (χ4v) is 9.22. The van der Waals surface area contributed by atoms with Crippen molar-refractivity contribution in [3.63, 3.8) is 0 Å². The van der Waals surface area contributed by atoms with Crippen LogP contribution in [-0.4, -0.2) is 68.8 Å². The number of fused-ring (bicyclic) bond motifs is 3. The van der Waals surface area contributed by atoms with Crippen LogP contribution in [0.25, 0.3) is 0 Å². The summed E-state index contributed by atoms with van der Waals surface area (Å²) in [6.07, 6.45) is 25.2. The standard InChI is InChI=1S/C45H69FN3O3/c1-3-4-5-6-7-8-9-10-11-12-13-14-15-16-17-18-19-25-44(51)52-36-49(33-21-24-43(50)37-26-28-38(46)29-27-37)34-30-41-40(35-49)39-22-20-23-42-45(39)48(41)32-31-47(42)2/h20,22-23,26-29,40-41H,3-19,21,24-25,30-36H2,1-2H3/q+1/t40-,41-,49?/m0/s1. The summed E-state index contributed by atoms with van der Waals surface area (Å²) in [5.74, 6) is 0.00889. The Hall–Kier alpha value is -2.93. The van der Waals surface area contributed by atoms with Gasteiger partial charge >= 0.3 is 5.97 Å². The number of para-hydroxylation sites is 1. The average molecular weight is 719 g/mol. The number of Topliss-reactive ketones (excluding diaryl/α,β-unsaturated/α-hetero) is 1. The molecule has 288 valence electrons. The summed E-state index contributed by atoms with van der Waals surface area (Å²) in [5.41, 5.74) is 4.70. The smallest absolute Gasteiger partial charge is 0.310 e. The highest BCUT2D eigenvalue weighted by atomic mass is 19.1. The Morgan fingerprint density at radius 2 is 1.38 bits per heavy atom. The van der Waals surface area contributed by atoms with Gasteiger partial charge in [0.05, 0.1) is 36.9 Å². The zero-order valence-corrected chi connectivity index (χ0v) is 32.7. The van der Waals surface area contributed by atoms with Crippen LogP contribution in [0.15, 0.2) is 42.5 Å². The molecule has 0 spiro atoms. The minimum Gasteiger partial charge on any atom is -0.415 e. The van der Waals surface area contributed by atoms with Crippen molar-refractivity contribution < 1.29 is 23.2 Å². The number of likely N-dealkylation sites (tertiary alicyclic amines) is 1. The SMILES string of the molecule is CCCCCCCCCCCCCCCCCCCC(=O)OC[N+]1(CCCC(=O)c2ccc(F)cc2)CC[C@H]2[C@@H](C1)c1cccc3c1N2CCN3C. The molecule has 0 N–H and O–H groups in total. The topological polar surface area (TPSA) is 49.9 Å². The minimum absolute atomic E-state index is 0.0415. The number of carbonyl (C=O) groups excluding carboxylic acids is 2. The molecule has 7 heteroatoms. The first-order chi connectivity index (χ1) is 25.4. The maximum Gasteiger partial charge on any atom is 0.310 e. The van der Waals surface area contributed by atoms with Crippen molar-refractivity contribution in [2.24, 2.45) is 0 Å². The van der Waals surface area contributed by atoms with Gasteiger partial charge in [0, 0.05) is 57.4 Å². The third-order valence-corrected chi connectivity index (χ3v) is 12.4. The monoisotopic (exact) mass is 719 g/mol. The number of nitrogens with zero attached hydrogens (tertiary/aromatic N) is 3. The van der Waals surface area contributed by atoms with E-state index in [1.165, 1.54) is 125 Å². The summed E-state index contributed by atoms with van der Waals surface area (Å²) in [5, 5.41) is 0. The predicted octanol–water partition coefficient (Wildman–Crippen LogP) is 11.0. The van der Waals surface area contributed by atoms with Crippen LogP contribution >= 0.6 is 0 Å². The van der Waals surface area contributed by atoms with E-state index in [0.717, 1.165) is 52.0 Å². The van der Waals surface area contributed by atoms with Crippen LogP contribution in [0.3, 0.4) is 0 Å². The van der Waals surface area contributed by atoms with Crippen molar-refractivity contribution in [1.82, 2.24) is 0 Å². The second kappa shape index (κ2) is 21.1. The number of carbonyl (C=O) groups is 2. The highest BCUT2D eigenvalue weighted by molar-refractivity contribution is 5.95. The number of rotatable bonds is 25. The Balaban J connectivity index is 1.02. The summed E-state index contributed by atoms with van der Waals surface area (Å²) in [6.45, 7) is 7.38. The fraction of sp³-hybridized carbons (Fsp3) is 0.689. The van der Waals surface area contributed by atoms with Crippen molar-refractivity contribution in [3.05, 3.63) is 59.4 Å². The van der Waals surface area contributed by atoms with E-state index in [4.69, 9.17) is 4.74 Å². The molecule has 0 amide bonds. The van der Waals surface area contributed by atoms with Crippen LogP contribution in [0, 0.1) is 5.82 Å². The van der Waals surface area contributed by atoms with Crippen LogP contribution in [0.1, 0.15) is 164 Å². The number of anilines is 2. The van der Waals surface area contributed by atoms with Gasteiger partial charge in [-0.3, -0.25) is 14.1 Å². The predicted molar refractivity (Wildman–Crippen MR) is 213 cm³/mol. The number of hydrogen-bond acceptors (Lipinski definition) is 5. The summed E-state index contributed by atoms with van der Waals surface area (Å²) < 4.78 is 20.3. The lowest BCUT2D eigenvalue weighted by Crippen LogP contribution is -2.60. The second-order valence-corrected chi connectivity index (χ2v) is 16.3. The van der Waals surface area contributed by atoms with Gasteiger partial charge in [-0.05, 0) is 42.3 Å². The Kier molecular flexibility index (Phi) is 16.3. The van der Waals surface area contributed by atoms with E-state index < -0.39 is 0 Å². The normalized spacial score (nSPS) is 20.5. The number of hydrogen-bond donors (Lipinski definition) is 0. The Labute approximate surface area is 315 Å². The fourth-order valence-electron chi connectivity index (χ4n) is 9.22. The number of esters is 1. The molecule has 5 rings (SSSR count). The first-order valence-corrected chi connectivity index (χ1v) is 21.3. The molecule has 3 heterocycles. The lowest BCUT2D eigenvalue weighted by molar-refractivity contribution is -0.949. The van der Waals surface area contributed by atoms with Gasteiger partial charge in [0.2, 0.25) is 6.73 Å². The summed E-state index contributed by atoms with van der Waals surface area (Å²) in [7, 11) is 2.19. The third-order valence-electron chi connectivity index (χ3n) is 12.4. The first-order valence-electron chi connectivity index (χ1n) is 21.3. The Morgan fingerprint density at radius 3 is 2.02 bits per heavy atom. The highest BCUT2D eigenvalue weighted by Crippen LogP contribution is 2.51. The van der Waals surface area contributed by atoms with Crippen LogP contribution in [-0.2, 0) is 9.53 Å². The molecule has 52 heavy (non-hydrogen) atoms. The van der Waals surface area contributed by atoms with E-state index in [1.54, 1.807) is 12.1 Å². The molecule has 6 nitrogen and oxygen atoms in total. The van der Waals surface area contributed by atoms with E-state index in [0.29, 0.717) is 48.0 Å². The molecule has 2 aromatic carbocycles. The van der Waals surface area contributed by atoms with Crippen molar-refractivity contribution in [3.8, 4) is 0 Å². The molecule has 3 aliphatic heterocycles. The second-order valence-electron chi connectivity index (χ2n) is 16.3. The molecule has 3 aliphatic rings. The van der Waals surface area contributed by atoms with Crippen LogP contribution < -0.4 is 9.80 Å². The quantitative estimate of drug-likeness (QED) is 0.0443. The number of benzene rings is 2. The number of ketones is 1. The molecule has 0 aromatic heterocycles. The molecule has 3 atom stereocenters. The molecule has 0 radical (unpaired) electrons. The molecular weight excluding hydrogens is 650 g/mol. The Morgan fingerprint density at radius 1 is 0.769 bits per heavy atom. The maximum atomic E-state index is 13.5. The molecule has 1 unspecified atom stereocenters. The van der Waals surface area contributed by atoms with Crippen LogP contribution in [0.2, 0.25) is 0 Å². The first kappa shape index (κ1) is 40.3. The highest BCUT2D eigenvalue weighted by Gasteiger charge is 2.50. The van der Waals surface area contributed by atoms with E-state index in [1.807, 2.05) is 0 Å². The van der Waals surface area contributed by atoms with Gasteiger partial charge in [-0.2, -0.15) is 0 Å². The molecule has 1 fully saturated rings. The number of likely N-dealkylation sites (N-methyl/N-ethyl adjacent to an activating group) is 1. The van der Waals surface area contributed by atoms with Gasteiger partial charge in [0.15, 0.2) is 5.78 Å². The lowest BCUT2D eigenvalue weighted by Gasteiger charge is -2.47. The van der Waals surface area contributed by atoms with Crippen LogP contribution in [0.4, 0.5) is 15.8 Å². The summed E-state index contributed by atoms with van der Waals surface area (Å²) in [6, 6.07) is 13.1. The van der Waals surface area contributed by atoms with Crippen molar-refractivity contribution >= 4 is 23.1 Å². The average Bonchev–Trinajstić information content (AvgIpc) is 3.47. The molecule has 0 aliphatic carbocycles. The molecular formula is C45H69FN3O3+. The molecule has 2 aromatic rings. The molecule has 1 saturated heterocycles. The van der Waals surface area contributed by atoms with Gasteiger partial charge in [-0.25, -0.2) is 4.39 Å². The van der Waals surface area contributed by atoms with Gasteiger partial charge < -0.3 is 14.5 Å². The number of unbranched alkanes of at least 4 members (excludes halogenated alkanes) is 16. The largest absolute Gasteiger partial charge is 0.415 e. The van der Waals surface area contributed by atoms with Gasteiger partial charge in [-0.15, -0.1) is 0 Å². The zero-order valence-electron chi connectivity index (χ0n) is 32.7.